The Kier molecular flexibility index (Phi) is 7.19. The number of amides is 1. The number of alkyl halides is 3. The molecule has 1 amide bonds. The first kappa shape index (κ1) is 17.3. The second kappa shape index (κ2) is 7.89. The first-order chi connectivity index (χ1) is 8.79. The molecule has 1 rings (SSSR count). The molecule has 1 fully saturated rings. The number of halogens is 3. The number of carbonyl (C=O) groups is 1. The fourth-order valence-electron chi connectivity index (χ4n) is 2.00. The second-order valence-electron chi connectivity index (χ2n) is 5.29. The molecule has 0 aliphatic carbocycles. The van der Waals surface area contributed by atoms with Gasteiger partial charge in [-0.2, -0.15) is 0 Å². The lowest BCUT2D eigenvalue weighted by molar-refractivity contribution is -0.697. The van der Waals surface area contributed by atoms with Crippen molar-refractivity contribution in [3.8, 4) is 0 Å². The van der Waals surface area contributed by atoms with Crippen molar-refractivity contribution in [2.45, 2.75) is 49.2 Å². The van der Waals surface area contributed by atoms with Gasteiger partial charge in [-0.15, -0.1) is 0 Å². The van der Waals surface area contributed by atoms with Crippen LogP contribution < -0.4 is 10.6 Å². The Labute approximate surface area is 129 Å². The zero-order valence-corrected chi connectivity index (χ0v) is 13.6. The summed E-state index contributed by atoms with van der Waals surface area (Å²) in [5.74, 6) is 0.170. The van der Waals surface area contributed by atoms with E-state index in [4.69, 9.17) is 39.5 Å². The van der Waals surface area contributed by atoms with Gasteiger partial charge in [0.1, 0.15) is 12.6 Å². The van der Waals surface area contributed by atoms with Crippen LogP contribution in [0.25, 0.3) is 0 Å². The third-order valence-electron chi connectivity index (χ3n) is 2.92. The van der Waals surface area contributed by atoms with Crippen LogP contribution in [0.15, 0.2) is 0 Å². The van der Waals surface area contributed by atoms with E-state index in [1.807, 2.05) is 19.2 Å². The molecule has 0 spiro atoms. The molecule has 1 aliphatic heterocycles. The summed E-state index contributed by atoms with van der Waals surface area (Å²) in [6, 6.07) is 0. The van der Waals surface area contributed by atoms with Crippen LogP contribution >= 0.6 is 34.8 Å². The Morgan fingerprint density at radius 1 is 1.47 bits per heavy atom. The van der Waals surface area contributed by atoms with E-state index >= 15 is 0 Å². The summed E-state index contributed by atoms with van der Waals surface area (Å²) in [6.45, 7) is 5.41. The summed E-state index contributed by atoms with van der Waals surface area (Å²) in [7, 11) is 0. The molecule has 1 saturated heterocycles. The van der Waals surface area contributed by atoms with Crippen LogP contribution in [0.3, 0.4) is 0 Å². The molecule has 0 saturated carbocycles. The standard InChI is InChI=1S/C12H21Cl3N2O2/c1-8(2)6-10(18)17-11(12(13,14)15)16-7-9-4-3-5-19-9/h8-9,11,16H,3-7H2,1-2H3,(H,17,18)/p+1/t9-,11+/m0/s1. The Morgan fingerprint density at radius 3 is 2.63 bits per heavy atom. The van der Waals surface area contributed by atoms with Crippen LogP contribution in [0.1, 0.15) is 33.1 Å². The van der Waals surface area contributed by atoms with Crippen LogP contribution in [0.4, 0.5) is 0 Å². The van der Waals surface area contributed by atoms with E-state index in [0.717, 1.165) is 19.4 Å². The molecular weight excluding hydrogens is 311 g/mol. The van der Waals surface area contributed by atoms with Crippen molar-refractivity contribution in [2.75, 3.05) is 13.2 Å². The third-order valence-corrected chi connectivity index (χ3v) is 3.63. The van der Waals surface area contributed by atoms with Gasteiger partial charge < -0.3 is 15.4 Å². The van der Waals surface area contributed by atoms with Crippen LogP contribution in [0.5, 0.6) is 0 Å². The highest BCUT2D eigenvalue weighted by Crippen LogP contribution is 2.27. The molecule has 0 aromatic heterocycles. The second-order valence-corrected chi connectivity index (χ2v) is 7.66. The van der Waals surface area contributed by atoms with Gasteiger partial charge in [-0.1, -0.05) is 48.7 Å². The molecule has 112 valence electrons. The van der Waals surface area contributed by atoms with Gasteiger partial charge in [0.25, 0.3) is 3.79 Å². The van der Waals surface area contributed by atoms with Crippen molar-refractivity contribution in [3.63, 3.8) is 0 Å². The highest BCUT2D eigenvalue weighted by molar-refractivity contribution is 6.68. The van der Waals surface area contributed by atoms with Crippen molar-refractivity contribution in [1.29, 1.82) is 0 Å². The summed E-state index contributed by atoms with van der Waals surface area (Å²) in [4.78, 5) is 11.8. The minimum Gasteiger partial charge on any atom is -0.372 e. The Balaban J connectivity index is 2.44. The van der Waals surface area contributed by atoms with Gasteiger partial charge in [0, 0.05) is 13.0 Å². The van der Waals surface area contributed by atoms with E-state index in [1.54, 1.807) is 0 Å². The third kappa shape index (κ3) is 7.00. The molecule has 19 heavy (non-hydrogen) atoms. The quantitative estimate of drug-likeness (QED) is 0.573. The number of nitrogens with two attached hydrogens (primary N) is 1. The molecule has 1 heterocycles. The maximum atomic E-state index is 11.8. The summed E-state index contributed by atoms with van der Waals surface area (Å²) >= 11 is 17.7. The zero-order valence-electron chi connectivity index (χ0n) is 11.3. The summed E-state index contributed by atoms with van der Waals surface area (Å²) in [5, 5.41) is 4.60. The van der Waals surface area contributed by atoms with E-state index in [1.165, 1.54) is 0 Å². The van der Waals surface area contributed by atoms with E-state index in [2.05, 4.69) is 5.32 Å². The molecule has 0 aromatic rings. The largest absolute Gasteiger partial charge is 0.372 e. The monoisotopic (exact) mass is 331 g/mol. The summed E-state index contributed by atoms with van der Waals surface area (Å²) in [5.41, 5.74) is 0. The van der Waals surface area contributed by atoms with Crippen molar-refractivity contribution in [1.82, 2.24) is 5.32 Å². The van der Waals surface area contributed by atoms with Gasteiger partial charge in [-0.25, -0.2) is 0 Å². The molecule has 7 heteroatoms. The maximum absolute atomic E-state index is 11.8. The van der Waals surface area contributed by atoms with E-state index < -0.39 is 9.96 Å². The summed E-state index contributed by atoms with van der Waals surface area (Å²) < 4.78 is 3.98. The van der Waals surface area contributed by atoms with E-state index in [-0.39, 0.29) is 17.9 Å². The van der Waals surface area contributed by atoms with Crippen LogP contribution in [-0.2, 0) is 9.53 Å². The number of carbonyl (C=O) groups excluding carboxylic acids is 1. The number of quaternary nitrogens is 1. The summed E-state index contributed by atoms with van der Waals surface area (Å²) in [6.07, 6.45) is 2.09. The molecular formula is C12H22Cl3N2O2+. The highest BCUT2D eigenvalue weighted by atomic mass is 35.6. The minimum atomic E-state index is -1.54. The number of ether oxygens (including phenoxy) is 1. The molecule has 2 atom stereocenters. The average Bonchev–Trinajstić information content (AvgIpc) is 2.74. The molecule has 3 N–H and O–H groups in total. The predicted octanol–water partition coefficient (Wildman–Crippen LogP) is 1.59. The highest BCUT2D eigenvalue weighted by Gasteiger charge is 2.38. The van der Waals surface area contributed by atoms with Crippen molar-refractivity contribution >= 4 is 40.7 Å². The normalized spacial score (nSPS) is 21.7. The van der Waals surface area contributed by atoms with Crippen molar-refractivity contribution in [3.05, 3.63) is 0 Å². The maximum Gasteiger partial charge on any atom is 0.262 e. The molecule has 1 aliphatic rings. The van der Waals surface area contributed by atoms with Crippen molar-refractivity contribution < 1.29 is 14.8 Å². The minimum absolute atomic E-state index is 0.102. The van der Waals surface area contributed by atoms with Crippen molar-refractivity contribution in [2.24, 2.45) is 5.92 Å². The van der Waals surface area contributed by atoms with Gasteiger partial charge in [-0.3, -0.25) is 4.79 Å². The molecule has 4 nitrogen and oxygen atoms in total. The lowest BCUT2D eigenvalue weighted by atomic mass is 10.1. The van der Waals surface area contributed by atoms with Crippen LogP contribution in [0.2, 0.25) is 0 Å². The first-order valence-corrected chi connectivity index (χ1v) is 7.73. The van der Waals surface area contributed by atoms with Gasteiger partial charge in [0.05, 0.1) is 0 Å². The topological polar surface area (TPSA) is 54.9 Å². The number of rotatable bonds is 6. The number of hydrogen-bond donors (Lipinski definition) is 2. The van der Waals surface area contributed by atoms with Gasteiger partial charge >= 0.3 is 0 Å². The van der Waals surface area contributed by atoms with Gasteiger partial charge in [-0.05, 0) is 18.8 Å². The molecule has 0 bridgehead atoms. The van der Waals surface area contributed by atoms with E-state index in [0.29, 0.717) is 13.0 Å². The Hall–Kier alpha value is 0.260. The van der Waals surface area contributed by atoms with Gasteiger partial charge in [0.15, 0.2) is 0 Å². The van der Waals surface area contributed by atoms with E-state index in [9.17, 15) is 4.79 Å². The number of nitrogens with one attached hydrogen (secondary N) is 1. The number of hydrogen-bond acceptors (Lipinski definition) is 2. The lowest BCUT2D eigenvalue weighted by Crippen LogP contribution is -2.97. The fourth-order valence-corrected chi connectivity index (χ4v) is 2.43. The molecule has 0 radical (unpaired) electrons. The molecule has 0 aromatic carbocycles. The smallest absolute Gasteiger partial charge is 0.262 e. The fraction of sp³-hybridized carbons (Fsp3) is 0.917. The SMILES string of the molecule is CC(C)CC(=O)N[C@@H]([NH2+]C[C@@H]1CCCO1)C(Cl)(Cl)Cl. The average molecular weight is 333 g/mol. The van der Waals surface area contributed by atoms with Crippen LogP contribution in [0, 0.1) is 5.92 Å². The van der Waals surface area contributed by atoms with Gasteiger partial charge in [0.2, 0.25) is 12.1 Å². The Bertz CT molecular complexity index is 289. The zero-order chi connectivity index (χ0) is 14.5. The molecule has 0 unspecified atom stereocenters. The Morgan fingerprint density at radius 2 is 2.16 bits per heavy atom. The first-order valence-electron chi connectivity index (χ1n) is 6.60. The van der Waals surface area contributed by atoms with Crippen LogP contribution in [-0.4, -0.2) is 35.1 Å². The predicted molar refractivity (Wildman–Crippen MR) is 77.4 cm³/mol. The lowest BCUT2D eigenvalue weighted by Gasteiger charge is -2.24.